The molecule has 0 bridgehead atoms. The van der Waals surface area contributed by atoms with Crippen molar-refractivity contribution in [2.24, 2.45) is 5.92 Å². The van der Waals surface area contributed by atoms with Gasteiger partial charge in [0.15, 0.2) is 0 Å². The summed E-state index contributed by atoms with van der Waals surface area (Å²) in [5, 5.41) is 0. The molecule has 5 rings (SSSR count). The number of hydrogen-bond donors (Lipinski definition) is 0. The van der Waals surface area contributed by atoms with E-state index in [2.05, 4.69) is 0 Å². The lowest BCUT2D eigenvalue weighted by Crippen LogP contribution is -2.61. The number of nitrogens with zero attached hydrogens (tertiary/aromatic N) is 1. The minimum absolute atomic E-state index is 0.0271. The predicted molar refractivity (Wildman–Crippen MR) is 73.8 cm³/mol. The average molecular weight is 303 g/mol. The molecular weight excluding hydrogens is 286 g/mol. The number of methoxy groups -OCH3 is 1. The van der Waals surface area contributed by atoms with Crippen molar-refractivity contribution in [3.63, 3.8) is 0 Å². The molecule has 0 radical (unpaired) electrons. The van der Waals surface area contributed by atoms with Crippen LogP contribution in [0.4, 0.5) is 0 Å². The highest BCUT2D eigenvalue weighted by Crippen LogP contribution is 2.58. The van der Waals surface area contributed by atoms with E-state index in [0.29, 0.717) is 19.6 Å². The van der Waals surface area contributed by atoms with E-state index in [9.17, 15) is 9.59 Å². The van der Waals surface area contributed by atoms with Gasteiger partial charge >= 0.3 is 5.97 Å². The molecular formula is C16H17NO5. The molecule has 1 saturated carbocycles. The number of esters is 1. The molecule has 5 aliphatic rings. The molecule has 4 aliphatic heterocycles. The Morgan fingerprint density at radius 2 is 2.18 bits per heavy atom. The molecule has 0 aromatic rings. The van der Waals surface area contributed by atoms with E-state index in [0.717, 1.165) is 17.6 Å². The number of carbonyl (C=O) groups excluding carboxylic acids is 2. The lowest BCUT2D eigenvalue weighted by molar-refractivity contribution is -0.143. The Labute approximate surface area is 127 Å². The van der Waals surface area contributed by atoms with E-state index in [1.54, 1.807) is 19.3 Å². The van der Waals surface area contributed by atoms with Crippen molar-refractivity contribution in [3.05, 3.63) is 23.3 Å². The maximum absolute atomic E-state index is 12.5. The standard InChI is InChI=1S/C16H17NO5/c1-20-11-6-16-9-5-13(19)21-7-8(9)2-3-17(16)12(18)4-10(16)14-15(11)22-14/h4-5,8,11,14-15H,2-3,6-7H2,1H3/t8-,11-,14+,15-,16-/m1/s1. The third-order valence-corrected chi connectivity index (χ3v) is 5.80. The second-order valence-corrected chi connectivity index (χ2v) is 6.66. The second kappa shape index (κ2) is 4.00. The van der Waals surface area contributed by atoms with Crippen LogP contribution in [-0.4, -0.2) is 60.9 Å². The molecule has 1 spiro atoms. The van der Waals surface area contributed by atoms with Gasteiger partial charge in [0.1, 0.15) is 12.2 Å². The number of epoxide rings is 1. The van der Waals surface area contributed by atoms with Crippen LogP contribution in [0.25, 0.3) is 0 Å². The summed E-state index contributed by atoms with van der Waals surface area (Å²) in [7, 11) is 1.68. The molecule has 0 N–H and O–H groups in total. The van der Waals surface area contributed by atoms with Crippen molar-refractivity contribution >= 4 is 11.9 Å². The summed E-state index contributed by atoms with van der Waals surface area (Å²) in [5.41, 5.74) is 1.50. The monoisotopic (exact) mass is 303 g/mol. The van der Waals surface area contributed by atoms with Gasteiger partial charge in [-0.15, -0.1) is 0 Å². The third-order valence-electron chi connectivity index (χ3n) is 5.80. The number of carbonyl (C=O) groups is 2. The maximum Gasteiger partial charge on any atom is 0.330 e. The highest BCUT2D eigenvalue weighted by Gasteiger charge is 2.67. The molecule has 1 aliphatic carbocycles. The van der Waals surface area contributed by atoms with Crippen molar-refractivity contribution in [3.8, 4) is 0 Å². The Morgan fingerprint density at radius 1 is 1.32 bits per heavy atom. The summed E-state index contributed by atoms with van der Waals surface area (Å²) in [5.74, 6) is -0.0932. The molecule has 5 atom stereocenters. The van der Waals surface area contributed by atoms with Crippen LogP contribution in [0.1, 0.15) is 12.8 Å². The van der Waals surface area contributed by atoms with Crippen molar-refractivity contribution < 1.29 is 23.8 Å². The Balaban J connectivity index is 1.69. The zero-order valence-corrected chi connectivity index (χ0v) is 12.3. The van der Waals surface area contributed by atoms with Gasteiger partial charge in [0.05, 0.1) is 18.2 Å². The van der Waals surface area contributed by atoms with Crippen LogP contribution < -0.4 is 0 Å². The van der Waals surface area contributed by atoms with Crippen molar-refractivity contribution in [1.29, 1.82) is 0 Å². The summed E-state index contributed by atoms with van der Waals surface area (Å²) >= 11 is 0. The topological polar surface area (TPSA) is 68.4 Å². The quantitative estimate of drug-likeness (QED) is 0.511. The molecule has 3 fully saturated rings. The molecule has 0 aromatic carbocycles. The third kappa shape index (κ3) is 1.37. The highest BCUT2D eigenvalue weighted by molar-refractivity contribution is 5.96. The van der Waals surface area contributed by atoms with E-state index in [1.165, 1.54) is 0 Å². The zero-order valence-electron chi connectivity index (χ0n) is 12.3. The van der Waals surface area contributed by atoms with E-state index < -0.39 is 5.54 Å². The van der Waals surface area contributed by atoms with Crippen LogP contribution in [-0.2, 0) is 23.8 Å². The normalized spacial score (nSPS) is 45.0. The lowest BCUT2D eigenvalue weighted by Gasteiger charge is -2.52. The van der Waals surface area contributed by atoms with Gasteiger partial charge in [0, 0.05) is 38.1 Å². The lowest BCUT2D eigenvalue weighted by atomic mass is 9.65. The molecule has 0 unspecified atom stereocenters. The van der Waals surface area contributed by atoms with E-state index in [-0.39, 0.29) is 36.1 Å². The Kier molecular flexibility index (Phi) is 2.33. The van der Waals surface area contributed by atoms with Gasteiger partial charge in [-0.25, -0.2) is 4.79 Å². The fourth-order valence-electron chi connectivity index (χ4n) is 4.78. The van der Waals surface area contributed by atoms with Gasteiger partial charge < -0.3 is 19.1 Å². The van der Waals surface area contributed by atoms with Gasteiger partial charge in [-0.3, -0.25) is 4.79 Å². The van der Waals surface area contributed by atoms with E-state index in [1.807, 2.05) is 4.90 Å². The van der Waals surface area contributed by atoms with Crippen LogP contribution in [0.2, 0.25) is 0 Å². The second-order valence-electron chi connectivity index (χ2n) is 6.66. The van der Waals surface area contributed by atoms with Gasteiger partial charge in [-0.1, -0.05) is 0 Å². The van der Waals surface area contributed by atoms with E-state index >= 15 is 0 Å². The molecule has 4 heterocycles. The molecule has 1 amide bonds. The average Bonchev–Trinajstić information content (AvgIpc) is 3.25. The van der Waals surface area contributed by atoms with Crippen molar-refractivity contribution in [2.45, 2.75) is 36.7 Å². The SMILES string of the molecule is CO[C@@H]1C[C@]23C4=CC(=O)OC[C@H]4CCN2C(=O)C=C3[C@@H]2O[C@H]12. The van der Waals surface area contributed by atoms with Crippen molar-refractivity contribution in [2.75, 3.05) is 20.3 Å². The van der Waals surface area contributed by atoms with Crippen LogP contribution >= 0.6 is 0 Å². The van der Waals surface area contributed by atoms with Gasteiger partial charge in [-0.05, 0) is 17.6 Å². The summed E-state index contributed by atoms with van der Waals surface area (Å²) in [6.07, 6.45) is 4.77. The summed E-state index contributed by atoms with van der Waals surface area (Å²) in [6.45, 7) is 1.10. The smallest absolute Gasteiger partial charge is 0.330 e. The fraction of sp³-hybridized carbons (Fsp3) is 0.625. The molecule has 22 heavy (non-hydrogen) atoms. The number of fused-ring (bicyclic) bond motifs is 3. The number of cyclic esters (lactones) is 1. The largest absolute Gasteiger partial charge is 0.462 e. The van der Waals surface area contributed by atoms with Gasteiger partial charge in [0.2, 0.25) is 5.91 Å². The van der Waals surface area contributed by atoms with Crippen LogP contribution in [0.15, 0.2) is 23.3 Å². The van der Waals surface area contributed by atoms with Crippen molar-refractivity contribution in [1.82, 2.24) is 4.90 Å². The molecule has 6 nitrogen and oxygen atoms in total. The fourth-order valence-corrected chi connectivity index (χ4v) is 4.78. The number of piperidine rings is 1. The molecule has 2 saturated heterocycles. The van der Waals surface area contributed by atoms with Crippen LogP contribution in [0.3, 0.4) is 0 Å². The summed E-state index contributed by atoms with van der Waals surface area (Å²) in [4.78, 5) is 26.2. The Hall–Kier alpha value is -1.66. The zero-order chi connectivity index (χ0) is 15.1. The first-order valence-electron chi connectivity index (χ1n) is 7.76. The van der Waals surface area contributed by atoms with E-state index in [4.69, 9.17) is 14.2 Å². The van der Waals surface area contributed by atoms with Gasteiger partial charge in [0.25, 0.3) is 0 Å². The minimum atomic E-state index is -0.530. The minimum Gasteiger partial charge on any atom is -0.462 e. The summed E-state index contributed by atoms with van der Waals surface area (Å²) in [6, 6.07) is 0. The molecule has 0 aromatic heterocycles. The Bertz CT molecular complexity index is 653. The van der Waals surface area contributed by atoms with Gasteiger partial charge in [-0.2, -0.15) is 0 Å². The maximum atomic E-state index is 12.5. The number of ether oxygens (including phenoxy) is 3. The summed E-state index contributed by atoms with van der Waals surface area (Å²) < 4.78 is 16.6. The predicted octanol–water partition coefficient (Wildman–Crippen LogP) is 0.183. The molecule has 116 valence electrons. The first-order valence-corrected chi connectivity index (χ1v) is 7.76. The number of rotatable bonds is 1. The highest BCUT2D eigenvalue weighted by atomic mass is 16.6. The number of amides is 1. The molecule has 6 heteroatoms. The first-order chi connectivity index (χ1) is 10.6. The first kappa shape index (κ1) is 12.8. The van der Waals surface area contributed by atoms with Crippen LogP contribution in [0, 0.1) is 5.92 Å². The van der Waals surface area contributed by atoms with Crippen LogP contribution in [0.5, 0.6) is 0 Å². The number of hydrogen-bond acceptors (Lipinski definition) is 5. The Morgan fingerprint density at radius 3 is 3.00 bits per heavy atom.